The van der Waals surface area contributed by atoms with Crippen LogP contribution in [0, 0.1) is 5.92 Å². The summed E-state index contributed by atoms with van der Waals surface area (Å²) in [4.78, 5) is 53.2. The minimum absolute atomic E-state index is 0.0133. The number of amides is 3. The number of benzene rings is 1. The van der Waals surface area contributed by atoms with Crippen LogP contribution in [0.25, 0.3) is 5.78 Å². The molecule has 0 saturated carbocycles. The van der Waals surface area contributed by atoms with Crippen LogP contribution in [0.4, 0.5) is 0 Å². The number of carbonyl (C=O) groups is 3. The smallest absolute Gasteiger partial charge is 0.274 e. The number of rotatable bonds is 12. The van der Waals surface area contributed by atoms with Crippen molar-refractivity contribution in [3.63, 3.8) is 0 Å². The van der Waals surface area contributed by atoms with Gasteiger partial charge in [-0.05, 0) is 56.2 Å². The highest BCUT2D eigenvalue weighted by atomic mass is 16.5. The van der Waals surface area contributed by atoms with Crippen molar-refractivity contribution in [3.05, 3.63) is 66.2 Å². The van der Waals surface area contributed by atoms with Crippen LogP contribution in [0.15, 0.2) is 55.0 Å². The highest BCUT2D eigenvalue weighted by Crippen LogP contribution is 2.26. The number of nitrogens with one attached hydrogen (secondary N) is 2. The lowest BCUT2D eigenvalue weighted by atomic mass is 9.90. The standard InChI is InChI=1S/C31H41N7O4/c1-2-32-20-27(39)35-28(24-12-18-42-19-13-24)30(41)38-16-6-10-25(38)21-36(17-11-23-8-4-3-5-9-23)29(40)26-22-37-15-7-14-33-31(37)34-26/h3-5,7-9,14-15,22,24-25,28,32H,2,6,10-13,16-21H2,1H3,(H,35,39). The van der Waals surface area contributed by atoms with Crippen molar-refractivity contribution in [1.29, 1.82) is 0 Å². The van der Waals surface area contributed by atoms with E-state index in [1.807, 2.05) is 41.1 Å². The second kappa shape index (κ2) is 14.4. The zero-order valence-corrected chi connectivity index (χ0v) is 24.3. The number of hydrogen-bond donors (Lipinski definition) is 2. The maximum absolute atomic E-state index is 14.1. The summed E-state index contributed by atoms with van der Waals surface area (Å²) < 4.78 is 7.28. The lowest BCUT2D eigenvalue weighted by molar-refractivity contribution is -0.139. The number of likely N-dealkylation sites (tertiary alicyclic amines) is 1. The third kappa shape index (κ3) is 7.32. The van der Waals surface area contributed by atoms with Crippen molar-refractivity contribution in [2.45, 2.75) is 51.1 Å². The zero-order valence-electron chi connectivity index (χ0n) is 24.3. The van der Waals surface area contributed by atoms with Gasteiger partial charge in [0.1, 0.15) is 11.7 Å². The molecular weight excluding hydrogens is 534 g/mol. The van der Waals surface area contributed by atoms with Crippen molar-refractivity contribution in [2.75, 3.05) is 45.9 Å². The molecule has 2 N–H and O–H groups in total. The molecule has 0 aliphatic carbocycles. The second-order valence-electron chi connectivity index (χ2n) is 11.0. The first-order valence-electron chi connectivity index (χ1n) is 15.0. The minimum atomic E-state index is -0.612. The highest BCUT2D eigenvalue weighted by Gasteiger charge is 2.39. The third-order valence-electron chi connectivity index (χ3n) is 8.20. The number of likely N-dealkylation sites (N-methyl/N-ethyl adjacent to an activating group) is 1. The largest absolute Gasteiger partial charge is 0.381 e. The van der Waals surface area contributed by atoms with Gasteiger partial charge in [-0.1, -0.05) is 37.3 Å². The Hall–Kier alpha value is -3.83. The molecule has 2 saturated heterocycles. The average molecular weight is 576 g/mol. The van der Waals surface area contributed by atoms with E-state index >= 15 is 0 Å². The first-order valence-corrected chi connectivity index (χ1v) is 15.0. The quantitative estimate of drug-likeness (QED) is 0.339. The summed E-state index contributed by atoms with van der Waals surface area (Å²) in [6.45, 7) is 5.43. The molecule has 0 spiro atoms. The normalized spacial score (nSPS) is 18.2. The molecule has 3 amide bonds. The van der Waals surface area contributed by atoms with Crippen LogP contribution in [0.5, 0.6) is 0 Å². The number of carbonyl (C=O) groups excluding carboxylic acids is 3. The van der Waals surface area contributed by atoms with E-state index in [1.54, 1.807) is 22.9 Å². The predicted molar refractivity (Wildman–Crippen MR) is 158 cm³/mol. The molecule has 11 heteroatoms. The fourth-order valence-corrected chi connectivity index (χ4v) is 5.92. The lowest BCUT2D eigenvalue weighted by Gasteiger charge is -2.36. The molecule has 42 heavy (non-hydrogen) atoms. The number of imidazole rings is 1. The molecule has 0 radical (unpaired) electrons. The highest BCUT2D eigenvalue weighted by molar-refractivity contribution is 5.93. The summed E-state index contributed by atoms with van der Waals surface area (Å²) in [6, 6.07) is 11.1. The SMILES string of the molecule is CCNCC(=O)NC(C(=O)N1CCCC1CN(CCc1ccccc1)C(=O)c1cn2cccnc2n1)C1CCOCC1. The van der Waals surface area contributed by atoms with E-state index in [0.717, 1.165) is 31.2 Å². The maximum Gasteiger partial charge on any atom is 0.274 e. The maximum atomic E-state index is 14.1. The lowest BCUT2D eigenvalue weighted by Crippen LogP contribution is -2.57. The number of fused-ring (bicyclic) bond motifs is 1. The fourth-order valence-electron chi connectivity index (χ4n) is 5.92. The Morgan fingerprint density at radius 2 is 1.93 bits per heavy atom. The molecule has 2 fully saturated rings. The summed E-state index contributed by atoms with van der Waals surface area (Å²) in [5.41, 5.74) is 1.46. The van der Waals surface area contributed by atoms with Gasteiger partial charge in [-0.3, -0.25) is 18.8 Å². The van der Waals surface area contributed by atoms with Gasteiger partial charge in [0.05, 0.1) is 6.54 Å². The number of hydrogen-bond acceptors (Lipinski definition) is 7. The topological polar surface area (TPSA) is 121 Å². The summed E-state index contributed by atoms with van der Waals surface area (Å²) >= 11 is 0. The Kier molecular flexibility index (Phi) is 10.1. The number of nitrogens with zero attached hydrogens (tertiary/aromatic N) is 5. The van der Waals surface area contributed by atoms with Crippen molar-refractivity contribution in [1.82, 2.24) is 34.8 Å². The van der Waals surface area contributed by atoms with Gasteiger partial charge < -0.3 is 25.2 Å². The number of aromatic nitrogens is 3. The first-order chi connectivity index (χ1) is 20.5. The van der Waals surface area contributed by atoms with E-state index in [9.17, 15) is 14.4 Å². The second-order valence-corrected chi connectivity index (χ2v) is 11.0. The van der Waals surface area contributed by atoms with Crippen LogP contribution >= 0.6 is 0 Å². The van der Waals surface area contributed by atoms with Crippen LogP contribution in [0.3, 0.4) is 0 Å². The summed E-state index contributed by atoms with van der Waals surface area (Å²) in [7, 11) is 0. The van der Waals surface area contributed by atoms with Crippen molar-refractivity contribution < 1.29 is 19.1 Å². The Morgan fingerprint density at radius 3 is 2.69 bits per heavy atom. The molecule has 11 nitrogen and oxygen atoms in total. The van der Waals surface area contributed by atoms with Gasteiger partial charge in [-0.25, -0.2) is 9.97 Å². The molecule has 2 aliphatic rings. The van der Waals surface area contributed by atoms with Crippen LogP contribution < -0.4 is 10.6 Å². The van der Waals surface area contributed by atoms with E-state index in [2.05, 4.69) is 32.7 Å². The molecule has 2 unspecified atom stereocenters. The van der Waals surface area contributed by atoms with Crippen LogP contribution in [-0.2, 0) is 20.7 Å². The van der Waals surface area contributed by atoms with Gasteiger partial charge in [0.15, 0.2) is 0 Å². The Bertz CT molecular complexity index is 1310. The van der Waals surface area contributed by atoms with Crippen molar-refractivity contribution in [2.24, 2.45) is 5.92 Å². The Morgan fingerprint density at radius 1 is 1.12 bits per heavy atom. The van der Waals surface area contributed by atoms with Crippen LogP contribution in [0.1, 0.15) is 48.7 Å². The Labute approximate surface area is 246 Å². The van der Waals surface area contributed by atoms with Gasteiger partial charge in [0.25, 0.3) is 5.91 Å². The van der Waals surface area contributed by atoms with E-state index in [-0.39, 0.29) is 36.2 Å². The minimum Gasteiger partial charge on any atom is -0.381 e. The van der Waals surface area contributed by atoms with Crippen molar-refractivity contribution >= 4 is 23.5 Å². The van der Waals surface area contributed by atoms with E-state index in [4.69, 9.17) is 4.74 Å². The zero-order chi connectivity index (χ0) is 29.3. The van der Waals surface area contributed by atoms with Crippen molar-refractivity contribution in [3.8, 4) is 0 Å². The molecule has 2 aromatic heterocycles. The first kappa shape index (κ1) is 29.7. The summed E-state index contributed by atoms with van der Waals surface area (Å²) in [5, 5.41) is 6.08. The van der Waals surface area contributed by atoms with Crippen LogP contribution in [-0.4, -0.2) is 99.9 Å². The summed E-state index contributed by atoms with van der Waals surface area (Å²) in [6.07, 6.45) is 8.94. The van der Waals surface area contributed by atoms with Gasteiger partial charge >= 0.3 is 0 Å². The number of ether oxygens (including phenoxy) is 1. The Balaban J connectivity index is 1.35. The van der Waals surface area contributed by atoms with E-state index in [1.165, 1.54) is 0 Å². The molecule has 2 aliphatic heterocycles. The van der Waals surface area contributed by atoms with Crippen LogP contribution in [0.2, 0.25) is 0 Å². The van der Waals surface area contributed by atoms with Gasteiger partial charge in [0.2, 0.25) is 17.6 Å². The molecular formula is C31H41N7O4. The average Bonchev–Trinajstić information content (AvgIpc) is 3.68. The van der Waals surface area contributed by atoms with E-state index in [0.29, 0.717) is 57.3 Å². The molecule has 5 rings (SSSR count). The molecule has 0 bridgehead atoms. The molecule has 1 aromatic carbocycles. The van der Waals surface area contributed by atoms with Gasteiger partial charge in [0, 0.05) is 57.5 Å². The predicted octanol–water partition coefficient (Wildman–Crippen LogP) is 1.93. The molecule has 4 heterocycles. The summed E-state index contributed by atoms with van der Waals surface area (Å²) in [5.74, 6) is 0.0448. The third-order valence-corrected chi connectivity index (χ3v) is 8.20. The fraction of sp³-hybridized carbons (Fsp3) is 0.516. The van der Waals surface area contributed by atoms with Gasteiger partial charge in [-0.15, -0.1) is 0 Å². The molecule has 224 valence electrons. The monoisotopic (exact) mass is 575 g/mol. The molecule has 2 atom stereocenters. The van der Waals surface area contributed by atoms with E-state index < -0.39 is 6.04 Å². The van der Waals surface area contributed by atoms with Gasteiger partial charge in [-0.2, -0.15) is 0 Å². The molecule has 3 aromatic rings.